The van der Waals surface area contributed by atoms with Gasteiger partial charge in [-0.2, -0.15) is 0 Å². The minimum Gasteiger partial charge on any atom is -0.472 e. The summed E-state index contributed by atoms with van der Waals surface area (Å²) in [4.78, 5) is 25.2. The fourth-order valence-electron chi connectivity index (χ4n) is 6.54. The third-order valence-electron chi connectivity index (χ3n) is 7.66. The van der Waals surface area contributed by atoms with Gasteiger partial charge in [0.25, 0.3) is 0 Å². The zero-order valence-electron chi connectivity index (χ0n) is 14.0. The topological polar surface area (TPSA) is 75.0 Å². The van der Waals surface area contributed by atoms with Gasteiger partial charge in [0.2, 0.25) is 0 Å². The molecule has 6 nitrogen and oxygen atoms in total. The lowest BCUT2D eigenvalue weighted by atomic mass is 9.49. The normalized spacial score (nSPS) is 52.5. The molecule has 0 amide bonds. The largest absolute Gasteiger partial charge is 0.472 e. The van der Waals surface area contributed by atoms with E-state index >= 15 is 0 Å². The Balaban J connectivity index is 1.48. The summed E-state index contributed by atoms with van der Waals surface area (Å²) < 4.78 is 23.0. The molecule has 25 heavy (non-hydrogen) atoms. The van der Waals surface area contributed by atoms with E-state index in [9.17, 15) is 9.59 Å². The van der Waals surface area contributed by atoms with E-state index in [1.807, 2.05) is 6.07 Å². The van der Waals surface area contributed by atoms with Gasteiger partial charge in [0.05, 0.1) is 24.5 Å². The highest BCUT2D eigenvalue weighted by molar-refractivity contribution is 5.85. The van der Waals surface area contributed by atoms with Crippen LogP contribution in [0.1, 0.15) is 44.3 Å². The monoisotopic (exact) mass is 344 g/mol. The van der Waals surface area contributed by atoms with Crippen LogP contribution in [-0.2, 0) is 23.8 Å². The van der Waals surface area contributed by atoms with Crippen LogP contribution >= 0.6 is 0 Å². The molecule has 1 spiro atoms. The van der Waals surface area contributed by atoms with Crippen molar-refractivity contribution in [3.63, 3.8) is 0 Å². The van der Waals surface area contributed by atoms with Gasteiger partial charge in [-0.05, 0) is 31.2 Å². The van der Waals surface area contributed by atoms with Gasteiger partial charge in [-0.25, -0.2) is 4.79 Å². The van der Waals surface area contributed by atoms with Crippen molar-refractivity contribution in [2.45, 2.75) is 56.5 Å². The smallest absolute Gasteiger partial charge is 0.339 e. The number of rotatable bonds is 1. The van der Waals surface area contributed by atoms with Crippen molar-refractivity contribution in [1.29, 1.82) is 0 Å². The van der Waals surface area contributed by atoms with E-state index in [-0.39, 0.29) is 53.4 Å². The molecule has 5 aliphatic rings. The minimum atomic E-state index is -0.902. The van der Waals surface area contributed by atoms with Crippen molar-refractivity contribution in [2.24, 2.45) is 23.2 Å². The van der Waals surface area contributed by atoms with Gasteiger partial charge in [0, 0.05) is 23.3 Å². The molecule has 1 aromatic heterocycles. The van der Waals surface area contributed by atoms with Crippen LogP contribution in [0.3, 0.4) is 0 Å². The first-order valence-electron chi connectivity index (χ1n) is 9.13. The molecule has 5 fully saturated rings. The molecule has 3 saturated heterocycles. The molecule has 4 bridgehead atoms. The molecular weight excluding hydrogens is 324 g/mol. The van der Waals surface area contributed by atoms with E-state index in [0.29, 0.717) is 6.42 Å². The van der Waals surface area contributed by atoms with Gasteiger partial charge in [0.15, 0.2) is 5.60 Å². The van der Waals surface area contributed by atoms with E-state index in [2.05, 4.69) is 6.92 Å². The molecule has 0 aromatic carbocycles. The van der Waals surface area contributed by atoms with Crippen molar-refractivity contribution >= 4 is 11.9 Å². The minimum absolute atomic E-state index is 0.0202. The van der Waals surface area contributed by atoms with E-state index in [1.54, 1.807) is 12.5 Å². The highest BCUT2D eigenvalue weighted by atomic mass is 16.6. The Morgan fingerprint density at radius 3 is 2.84 bits per heavy atom. The predicted octanol–water partition coefficient (Wildman–Crippen LogP) is 2.38. The first-order chi connectivity index (χ1) is 12.0. The average molecular weight is 344 g/mol. The fraction of sp³-hybridized carbons (Fsp3) is 0.684. The molecule has 0 N–H and O–H groups in total. The number of carbonyl (C=O) groups excluding carboxylic acids is 2. The summed E-state index contributed by atoms with van der Waals surface area (Å²) in [6.45, 7) is 2.16. The molecule has 8 atom stereocenters. The van der Waals surface area contributed by atoms with E-state index in [1.165, 1.54) is 0 Å². The molecule has 2 aliphatic carbocycles. The van der Waals surface area contributed by atoms with E-state index in [0.717, 1.165) is 24.8 Å². The second-order valence-electron chi connectivity index (χ2n) is 8.58. The van der Waals surface area contributed by atoms with E-state index < -0.39 is 5.60 Å². The first-order valence-corrected chi connectivity index (χ1v) is 9.13. The third kappa shape index (κ3) is 1.52. The summed E-state index contributed by atoms with van der Waals surface area (Å²) >= 11 is 0. The van der Waals surface area contributed by atoms with Crippen LogP contribution in [0, 0.1) is 23.2 Å². The first kappa shape index (κ1) is 14.4. The second-order valence-corrected chi connectivity index (χ2v) is 8.58. The van der Waals surface area contributed by atoms with Gasteiger partial charge >= 0.3 is 11.9 Å². The molecule has 2 saturated carbocycles. The van der Waals surface area contributed by atoms with Crippen LogP contribution in [0.4, 0.5) is 0 Å². The Morgan fingerprint density at radius 2 is 2.04 bits per heavy atom. The number of furan rings is 1. The standard InChI is InChI=1S/C19H20O6/c1-18-6-13(9-2-3-22-8-9)25-19(18)7-14(24-17(19)21)15-11-4-10(5-12(15)18)23-16(11)20/h2-3,8,10-15H,4-7H2,1H3/t10-,11+,12+,13+,14-,15-,18-,19+/m0/s1. The molecule has 0 radical (unpaired) electrons. The summed E-state index contributed by atoms with van der Waals surface area (Å²) in [5.41, 5.74) is -0.293. The number of hydrogen-bond acceptors (Lipinski definition) is 6. The maximum atomic E-state index is 12.9. The van der Waals surface area contributed by atoms with Crippen LogP contribution < -0.4 is 0 Å². The Kier molecular flexibility index (Phi) is 2.46. The Labute approximate surface area is 144 Å². The number of carbonyl (C=O) groups is 2. The molecule has 6 rings (SSSR count). The maximum absolute atomic E-state index is 12.9. The summed E-state index contributed by atoms with van der Waals surface area (Å²) in [5, 5.41) is 0. The Morgan fingerprint density at radius 1 is 1.16 bits per heavy atom. The SMILES string of the molecule is C[C@@]12C[C@H](c3ccoc3)O[C@@]13C[C@H](OC3=O)[C@@H]1[C@H]2C[C@@H]2C[C@H]1C(=O)O2. The summed E-state index contributed by atoms with van der Waals surface area (Å²) in [6.07, 6.45) is 5.75. The average Bonchev–Trinajstić information content (AvgIpc) is 3.31. The van der Waals surface area contributed by atoms with Crippen molar-refractivity contribution < 1.29 is 28.2 Å². The molecular formula is C19H20O6. The van der Waals surface area contributed by atoms with Gasteiger partial charge in [0.1, 0.15) is 12.2 Å². The lowest BCUT2D eigenvalue weighted by Gasteiger charge is -2.51. The van der Waals surface area contributed by atoms with Gasteiger partial charge in [-0.3, -0.25) is 4.79 Å². The quantitative estimate of drug-likeness (QED) is 0.728. The lowest BCUT2D eigenvalue weighted by molar-refractivity contribution is -0.169. The van der Waals surface area contributed by atoms with Crippen molar-refractivity contribution in [1.82, 2.24) is 0 Å². The van der Waals surface area contributed by atoms with Crippen molar-refractivity contribution in [3.05, 3.63) is 24.2 Å². The van der Waals surface area contributed by atoms with Gasteiger partial charge < -0.3 is 18.6 Å². The summed E-state index contributed by atoms with van der Waals surface area (Å²) in [7, 11) is 0. The highest BCUT2D eigenvalue weighted by Crippen LogP contribution is 2.69. The van der Waals surface area contributed by atoms with Crippen molar-refractivity contribution in [2.75, 3.05) is 0 Å². The molecule has 132 valence electrons. The summed E-state index contributed by atoms with van der Waals surface area (Å²) in [6, 6.07) is 1.90. The molecule has 3 aliphatic heterocycles. The number of fused-ring (bicyclic) bond motifs is 7. The van der Waals surface area contributed by atoms with Gasteiger partial charge in [-0.15, -0.1) is 0 Å². The van der Waals surface area contributed by atoms with E-state index in [4.69, 9.17) is 18.6 Å². The Bertz CT molecular complexity index is 771. The Hall–Kier alpha value is -1.82. The zero-order valence-corrected chi connectivity index (χ0v) is 14.0. The highest BCUT2D eigenvalue weighted by Gasteiger charge is 2.76. The molecule has 4 heterocycles. The molecule has 0 unspecified atom stereocenters. The van der Waals surface area contributed by atoms with Crippen LogP contribution in [0.2, 0.25) is 0 Å². The van der Waals surface area contributed by atoms with Crippen LogP contribution in [0.5, 0.6) is 0 Å². The molecule has 1 aromatic rings. The number of hydrogen-bond donors (Lipinski definition) is 0. The van der Waals surface area contributed by atoms with Crippen LogP contribution in [0.15, 0.2) is 23.0 Å². The van der Waals surface area contributed by atoms with Crippen LogP contribution in [0.25, 0.3) is 0 Å². The summed E-state index contributed by atoms with van der Waals surface area (Å²) in [5.74, 6) is -0.235. The van der Waals surface area contributed by atoms with Gasteiger partial charge in [-0.1, -0.05) is 6.92 Å². The lowest BCUT2D eigenvalue weighted by Crippen LogP contribution is -2.59. The van der Waals surface area contributed by atoms with Crippen molar-refractivity contribution in [3.8, 4) is 0 Å². The predicted molar refractivity (Wildman–Crippen MR) is 82.1 cm³/mol. The van der Waals surface area contributed by atoms with Crippen LogP contribution in [-0.4, -0.2) is 29.7 Å². The number of esters is 2. The maximum Gasteiger partial charge on any atom is 0.339 e. The zero-order chi connectivity index (χ0) is 17.0. The fourth-order valence-corrected chi connectivity index (χ4v) is 6.54. The number of ether oxygens (including phenoxy) is 3. The molecule has 6 heteroatoms. The third-order valence-corrected chi connectivity index (χ3v) is 7.66. The second kappa shape index (κ2) is 4.29.